The minimum absolute atomic E-state index is 0.0979. The molecule has 1 aliphatic rings. The van der Waals surface area contributed by atoms with Gasteiger partial charge in [-0.05, 0) is 62.5 Å². The van der Waals surface area contributed by atoms with Crippen molar-refractivity contribution in [2.75, 3.05) is 31.1 Å². The van der Waals surface area contributed by atoms with Crippen LogP contribution in [0.4, 0.5) is 5.69 Å². The quantitative estimate of drug-likeness (QED) is 0.448. The minimum atomic E-state index is 0.0979. The third kappa shape index (κ3) is 4.20. The van der Waals surface area contributed by atoms with E-state index in [0.29, 0.717) is 6.67 Å². The number of hydrogen-bond acceptors (Lipinski definition) is 6. The molecule has 0 atom stereocenters. The monoisotopic (exact) mass is 422 g/mol. The second kappa shape index (κ2) is 8.89. The van der Waals surface area contributed by atoms with Crippen LogP contribution in [0.5, 0.6) is 0 Å². The summed E-state index contributed by atoms with van der Waals surface area (Å²) in [4.78, 5) is 20.3. The Kier molecular flexibility index (Phi) is 6.06. The molecule has 7 nitrogen and oxygen atoms in total. The van der Waals surface area contributed by atoms with Gasteiger partial charge in [0.25, 0.3) is 0 Å². The van der Waals surface area contributed by atoms with Crippen LogP contribution in [0.25, 0.3) is 11.4 Å². The number of carbonyl (C=O) groups is 1. The molecular weight excluding hydrogens is 396 g/mol. The average molecular weight is 423 g/mol. The summed E-state index contributed by atoms with van der Waals surface area (Å²) >= 11 is 5.70. The Morgan fingerprint density at radius 3 is 2.30 bits per heavy atom. The highest BCUT2D eigenvalue weighted by molar-refractivity contribution is 7.71. The highest BCUT2D eigenvalue weighted by atomic mass is 32.1. The number of nitrogens with zero attached hydrogens (tertiary/aromatic N) is 6. The van der Waals surface area contributed by atoms with Crippen LogP contribution in [0.15, 0.2) is 48.8 Å². The molecule has 1 aromatic carbocycles. The lowest BCUT2D eigenvalue weighted by Gasteiger charge is -2.35. The van der Waals surface area contributed by atoms with Gasteiger partial charge in [-0.2, -0.15) is 5.10 Å². The predicted octanol–water partition coefficient (Wildman–Crippen LogP) is 3.48. The highest BCUT2D eigenvalue weighted by Gasteiger charge is 2.19. The summed E-state index contributed by atoms with van der Waals surface area (Å²) in [7, 11) is 0. The Morgan fingerprint density at radius 1 is 1.03 bits per heavy atom. The molecule has 156 valence electrons. The van der Waals surface area contributed by atoms with E-state index in [-0.39, 0.29) is 5.78 Å². The van der Waals surface area contributed by atoms with Gasteiger partial charge in [-0.25, -0.2) is 4.68 Å². The van der Waals surface area contributed by atoms with Crippen molar-refractivity contribution in [2.45, 2.75) is 27.1 Å². The van der Waals surface area contributed by atoms with Gasteiger partial charge in [0.05, 0.1) is 6.67 Å². The number of piperazine rings is 1. The Balaban J connectivity index is 1.43. The standard InChI is InChI=1S/C22H26N6OS/c1-3-27-21(19-8-10-23-11-9-19)24-28(22(27)30)16-25-12-14-26(15-13-25)20-6-4-18(5-7-20)17(2)29/h4-11H,3,12-16H2,1-2H3. The van der Waals surface area contributed by atoms with Crippen molar-refractivity contribution < 1.29 is 4.79 Å². The Bertz CT molecular complexity index is 1070. The zero-order valence-electron chi connectivity index (χ0n) is 17.4. The molecule has 3 aromatic rings. The number of Topliss-reactive ketones (excluding diaryl/α,β-unsaturated/α-hetero) is 1. The van der Waals surface area contributed by atoms with Crippen molar-refractivity contribution in [1.82, 2.24) is 24.2 Å². The lowest BCUT2D eigenvalue weighted by molar-refractivity contribution is 0.101. The van der Waals surface area contributed by atoms with E-state index in [9.17, 15) is 4.79 Å². The van der Waals surface area contributed by atoms with Crippen LogP contribution in [-0.4, -0.2) is 56.2 Å². The molecular formula is C22H26N6OS. The van der Waals surface area contributed by atoms with E-state index >= 15 is 0 Å². The minimum Gasteiger partial charge on any atom is -0.369 e. The molecule has 4 rings (SSSR count). The summed E-state index contributed by atoms with van der Waals surface area (Å²) in [6, 6.07) is 11.8. The van der Waals surface area contributed by atoms with Gasteiger partial charge < -0.3 is 9.47 Å². The maximum absolute atomic E-state index is 11.5. The molecule has 0 aliphatic carbocycles. The maximum Gasteiger partial charge on any atom is 0.199 e. The molecule has 30 heavy (non-hydrogen) atoms. The Hall–Kier alpha value is -2.84. The van der Waals surface area contributed by atoms with Crippen LogP contribution in [-0.2, 0) is 13.2 Å². The van der Waals surface area contributed by atoms with E-state index in [2.05, 4.69) is 26.3 Å². The highest BCUT2D eigenvalue weighted by Crippen LogP contribution is 2.20. The summed E-state index contributed by atoms with van der Waals surface area (Å²) in [5.74, 6) is 0.981. The van der Waals surface area contributed by atoms with Gasteiger partial charge in [-0.15, -0.1) is 0 Å². The number of pyridine rings is 1. The van der Waals surface area contributed by atoms with E-state index in [4.69, 9.17) is 17.3 Å². The van der Waals surface area contributed by atoms with Crippen LogP contribution in [0, 0.1) is 4.77 Å². The number of carbonyl (C=O) groups excluding carboxylic acids is 1. The number of rotatable bonds is 6. The van der Waals surface area contributed by atoms with Crippen molar-refractivity contribution in [3.63, 3.8) is 0 Å². The lowest BCUT2D eigenvalue weighted by Crippen LogP contribution is -2.47. The molecule has 2 aromatic heterocycles. The van der Waals surface area contributed by atoms with E-state index in [1.807, 2.05) is 41.1 Å². The summed E-state index contributed by atoms with van der Waals surface area (Å²) in [6.07, 6.45) is 3.55. The molecule has 1 fully saturated rings. The molecule has 1 aliphatic heterocycles. The smallest absolute Gasteiger partial charge is 0.199 e. The molecule has 1 saturated heterocycles. The third-order valence-electron chi connectivity index (χ3n) is 5.52. The summed E-state index contributed by atoms with van der Waals surface area (Å²) < 4.78 is 4.73. The molecule has 0 radical (unpaired) electrons. The fourth-order valence-corrected chi connectivity index (χ4v) is 4.09. The topological polar surface area (TPSA) is 59.2 Å². The van der Waals surface area contributed by atoms with Gasteiger partial charge in [0.15, 0.2) is 16.4 Å². The van der Waals surface area contributed by atoms with Crippen molar-refractivity contribution >= 4 is 23.7 Å². The van der Waals surface area contributed by atoms with Crippen molar-refractivity contribution in [2.24, 2.45) is 0 Å². The largest absolute Gasteiger partial charge is 0.369 e. The molecule has 0 amide bonds. The SMILES string of the molecule is CCn1c(-c2ccncc2)nn(CN2CCN(c3ccc(C(C)=O)cc3)CC2)c1=S. The summed E-state index contributed by atoms with van der Waals surface area (Å²) in [5, 5.41) is 4.81. The summed E-state index contributed by atoms with van der Waals surface area (Å²) in [6.45, 7) is 8.86. The molecule has 8 heteroatoms. The number of benzene rings is 1. The predicted molar refractivity (Wildman–Crippen MR) is 120 cm³/mol. The van der Waals surface area contributed by atoms with Crippen LogP contribution >= 0.6 is 12.2 Å². The normalized spacial score (nSPS) is 14.8. The Morgan fingerprint density at radius 2 is 1.70 bits per heavy atom. The van der Waals surface area contributed by atoms with Gasteiger partial charge in [-0.3, -0.25) is 14.7 Å². The fourth-order valence-electron chi connectivity index (χ4n) is 3.78. The fraction of sp³-hybridized carbons (Fsp3) is 0.364. The van der Waals surface area contributed by atoms with Crippen LogP contribution < -0.4 is 4.90 Å². The van der Waals surface area contributed by atoms with Crippen molar-refractivity contribution in [1.29, 1.82) is 0 Å². The lowest BCUT2D eigenvalue weighted by atomic mass is 10.1. The zero-order chi connectivity index (χ0) is 21.1. The van der Waals surface area contributed by atoms with Crippen LogP contribution in [0.2, 0.25) is 0 Å². The molecule has 0 unspecified atom stereocenters. The summed E-state index contributed by atoms with van der Waals surface area (Å²) in [5.41, 5.74) is 2.94. The zero-order valence-corrected chi connectivity index (χ0v) is 18.2. The third-order valence-corrected chi connectivity index (χ3v) is 5.95. The van der Waals surface area contributed by atoms with Gasteiger partial charge in [-0.1, -0.05) is 0 Å². The van der Waals surface area contributed by atoms with Gasteiger partial charge in [0, 0.05) is 61.9 Å². The van der Waals surface area contributed by atoms with E-state index in [0.717, 1.165) is 60.1 Å². The maximum atomic E-state index is 11.5. The van der Waals surface area contributed by atoms with Gasteiger partial charge in [0.1, 0.15) is 0 Å². The first kappa shape index (κ1) is 20.4. The number of aromatic nitrogens is 4. The second-order valence-electron chi connectivity index (χ2n) is 7.44. The van der Waals surface area contributed by atoms with Crippen molar-refractivity contribution in [3.05, 3.63) is 59.1 Å². The second-order valence-corrected chi connectivity index (χ2v) is 7.80. The molecule has 0 N–H and O–H groups in total. The average Bonchev–Trinajstić information content (AvgIpc) is 3.10. The van der Waals surface area contributed by atoms with Crippen LogP contribution in [0.1, 0.15) is 24.2 Å². The first-order chi connectivity index (χ1) is 14.6. The first-order valence-electron chi connectivity index (χ1n) is 10.2. The molecule has 0 bridgehead atoms. The van der Waals surface area contributed by atoms with E-state index in [1.165, 1.54) is 0 Å². The number of hydrogen-bond donors (Lipinski definition) is 0. The van der Waals surface area contributed by atoms with E-state index in [1.54, 1.807) is 19.3 Å². The molecule has 3 heterocycles. The van der Waals surface area contributed by atoms with Gasteiger partial charge in [0.2, 0.25) is 0 Å². The van der Waals surface area contributed by atoms with Gasteiger partial charge >= 0.3 is 0 Å². The van der Waals surface area contributed by atoms with E-state index < -0.39 is 0 Å². The van der Waals surface area contributed by atoms with Crippen LogP contribution in [0.3, 0.4) is 0 Å². The first-order valence-corrected chi connectivity index (χ1v) is 10.6. The molecule has 0 spiro atoms. The number of ketones is 1. The molecule has 0 saturated carbocycles. The number of anilines is 1. The Labute approximate surface area is 181 Å². The van der Waals surface area contributed by atoms with Crippen molar-refractivity contribution in [3.8, 4) is 11.4 Å².